The van der Waals surface area contributed by atoms with Gasteiger partial charge in [0, 0.05) is 31.9 Å². The van der Waals surface area contributed by atoms with Crippen LogP contribution in [-0.2, 0) is 21.2 Å². The van der Waals surface area contributed by atoms with E-state index in [4.69, 9.17) is 9.47 Å². The standard InChI is InChI=1S/C23H29N3O5S/c1-4-6-18-9-10-21(22(15-18)30-3)31-17-23(27)24-19-7-5-8-20(16-19)32(28,29)26-13-11-25(2)12-14-26/h4-5,7-10,15-16H,1,6,11-14,17H2,2-3H3,(H,24,27). The highest BCUT2D eigenvalue weighted by atomic mass is 32.2. The summed E-state index contributed by atoms with van der Waals surface area (Å²) in [6.07, 6.45) is 2.49. The van der Waals surface area contributed by atoms with Gasteiger partial charge in [0.1, 0.15) is 0 Å². The fraction of sp³-hybridized carbons (Fsp3) is 0.348. The Balaban J connectivity index is 1.63. The number of hydrogen-bond donors (Lipinski definition) is 1. The molecule has 1 aliphatic rings. The molecule has 0 radical (unpaired) electrons. The van der Waals surface area contributed by atoms with Crippen LogP contribution in [0.25, 0.3) is 0 Å². The van der Waals surface area contributed by atoms with E-state index < -0.39 is 15.9 Å². The number of allylic oxidation sites excluding steroid dienone is 1. The molecule has 3 rings (SSSR count). The summed E-state index contributed by atoms with van der Waals surface area (Å²) in [5.41, 5.74) is 1.41. The smallest absolute Gasteiger partial charge is 0.262 e. The van der Waals surface area contributed by atoms with Crippen LogP contribution in [0.15, 0.2) is 60.0 Å². The van der Waals surface area contributed by atoms with Gasteiger partial charge in [-0.15, -0.1) is 6.58 Å². The second-order valence-corrected chi connectivity index (χ2v) is 9.49. The number of rotatable bonds is 9. The molecule has 1 saturated heterocycles. The van der Waals surface area contributed by atoms with Crippen LogP contribution in [0.2, 0.25) is 0 Å². The molecule has 32 heavy (non-hydrogen) atoms. The number of carbonyl (C=O) groups is 1. The summed E-state index contributed by atoms with van der Waals surface area (Å²) in [4.78, 5) is 14.6. The van der Waals surface area contributed by atoms with Gasteiger partial charge in [0.25, 0.3) is 5.91 Å². The first kappa shape index (κ1) is 23.8. The van der Waals surface area contributed by atoms with Gasteiger partial charge in [0.05, 0.1) is 12.0 Å². The Morgan fingerprint density at radius 3 is 2.56 bits per heavy atom. The van der Waals surface area contributed by atoms with Crippen molar-refractivity contribution in [2.75, 3.05) is 52.3 Å². The highest BCUT2D eigenvalue weighted by Crippen LogP contribution is 2.28. The SMILES string of the molecule is C=CCc1ccc(OCC(=O)Nc2cccc(S(=O)(=O)N3CCN(C)CC3)c2)c(OC)c1. The minimum Gasteiger partial charge on any atom is -0.493 e. The predicted octanol–water partition coefficient (Wildman–Crippen LogP) is 2.38. The first-order valence-corrected chi connectivity index (χ1v) is 11.8. The maximum absolute atomic E-state index is 12.9. The van der Waals surface area contributed by atoms with Crippen LogP contribution >= 0.6 is 0 Å². The zero-order valence-electron chi connectivity index (χ0n) is 18.4. The molecule has 0 bridgehead atoms. The van der Waals surface area contributed by atoms with Crippen molar-refractivity contribution in [3.63, 3.8) is 0 Å². The average molecular weight is 460 g/mol. The van der Waals surface area contributed by atoms with Crippen LogP contribution in [0.1, 0.15) is 5.56 Å². The fourth-order valence-corrected chi connectivity index (χ4v) is 4.85. The van der Waals surface area contributed by atoms with Crippen molar-refractivity contribution in [3.05, 3.63) is 60.7 Å². The molecule has 1 fully saturated rings. The number of hydrogen-bond acceptors (Lipinski definition) is 6. The monoisotopic (exact) mass is 459 g/mol. The van der Waals surface area contributed by atoms with Gasteiger partial charge in [0.15, 0.2) is 18.1 Å². The predicted molar refractivity (Wildman–Crippen MR) is 124 cm³/mol. The number of carbonyl (C=O) groups excluding carboxylic acids is 1. The van der Waals surface area contributed by atoms with Crippen molar-refractivity contribution in [1.29, 1.82) is 0 Å². The number of benzene rings is 2. The second kappa shape index (κ2) is 10.6. The summed E-state index contributed by atoms with van der Waals surface area (Å²) < 4.78 is 38.3. The number of anilines is 1. The maximum atomic E-state index is 12.9. The Hall–Kier alpha value is -2.88. The van der Waals surface area contributed by atoms with Gasteiger partial charge in [0.2, 0.25) is 10.0 Å². The first-order valence-electron chi connectivity index (χ1n) is 10.3. The van der Waals surface area contributed by atoms with Gasteiger partial charge < -0.3 is 19.7 Å². The lowest BCUT2D eigenvalue weighted by Gasteiger charge is -2.31. The molecule has 8 nitrogen and oxygen atoms in total. The van der Waals surface area contributed by atoms with Gasteiger partial charge >= 0.3 is 0 Å². The van der Waals surface area contributed by atoms with E-state index in [0.717, 1.165) is 5.56 Å². The van der Waals surface area contributed by atoms with Crippen molar-refractivity contribution in [2.24, 2.45) is 0 Å². The van der Waals surface area contributed by atoms with E-state index in [1.54, 1.807) is 24.3 Å². The summed E-state index contributed by atoms with van der Waals surface area (Å²) in [5.74, 6) is 0.565. The Kier molecular flexibility index (Phi) is 7.89. The van der Waals surface area contributed by atoms with Crippen LogP contribution < -0.4 is 14.8 Å². The average Bonchev–Trinajstić information content (AvgIpc) is 2.79. The first-order chi connectivity index (χ1) is 15.3. The van der Waals surface area contributed by atoms with Crippen LogP contribution in [0, 0.1) is 0 Å². The van der Waals surface area contributed by atoms with Gasteiger partial charge in [-0.2, -0.15) is 4.31 Å². The minimum atomic E-state index is -3.62. The van der Waals surface area contributed by atoms with Gasteiger partial charge in [-0.1, -0.05) is 18.2 Å². The lowest BCUT2D eigenvalue weighted by Crippen LogP contribution is -2.47. The summed E-state index contributed by atoms with van der Waals surface area (Å²) >= 11 is 0. The lowest BCUT2D eigenvalue weighted by atomic mass is 10.1. The summed E-state index contributed by atoms with van der Waals surface area (Å²) in [5, 5.41) is 2.69. The van der Waals surface area contributed by atoms with E-state index in [1.165, 1.54) is 23.5 Å². The van der Waals surface area contributed by atoms with Crippen LogP contribution in [0.5, 0.6) is 11.5 Å². The highest BCUT2D eigenvalue weighted by molar-refractivity contribution is 7.89. The Morgan fingerprint density at radius 1 is 1.12 bits per heavy atom. The van der Waals surface area contributed by atoms with E-state index >= 15 is 0 Å². The largest absolute Gasteiger partial charge is 0.493 e. The molecule has 9 heteroatoms. The van der Waals surface area contributed by atoms with E-state index in [1.807, 2.05) is 19.2 Å². The second-order valence-electron chi connectivity index (χ2n) is 7.55. The third-order valence-corrected chi connectivity index (χ3v) is 7.08. The number of amides is 1. The maximum Gasteiger partial charge on any atom is 0.262 e. The van der Waals surface area contributed by atoms with Crippen molar-refractivity contribution >= 4 is 21.6 Å². The van der Waals surface area contributed by atoms with Gasteiger partial charge in [-0.25, -0.2) is 8.42 Å². The Morgan fingerprint density at radius 2 is 1.88 bits per heavy atom. The van der Waals surface area contributed by atoms with E-state index in [2.05, 4.69) is 16.8 Å². The number of likely N-dealkylation sites (N-methyl/N-ethyl adjacent to an activating group) is 1. The summed E-state index contributed by atoms with van der Waals surface area (Å²) in [6, 6.07) is 11.7. The molecule has 2 aromatic rings. The number of nitrogens with zero attached hydrogens (tertiary/aromatic N) is 2. The molecule has 0 unspecified atom stereocenters. The minimum absolute atomic E-state index is 0.153. The summed E-state index contributed by atoms with van der Waals surface area (Å²) in [6.45, 7) is 5.73. The van der Waals surface area contributed by atoms with Gasteiger partial charge in [-0.05, 0) is 49.4 Å². The van der Waals surface area contributed by atoms with Crippen LogP contribution in [-0.4, -0.2) is 70.5 Å². The molecule has 0 aromatic heterocycles. The molecule has 2 aromatic carbocycles. The zero-order chi connectivity index (χ0) is 23.1. The molecular formula is C23H29N3O5S. The third kappa shape index (κ3) is 5.87. The van der Waals surface area contributed by atoms with E-state index in [-0.39, 0.29) is 11.5 Å². The molecule has 0 atom stereocenters. The molecular weight excluding hydrogens is 430 g/mol. The third-order valence-electron chi connectivity index (χ3n) is 5.18. The van der Waals surface area contributed by atoms with Crippen molar-refractivity contribution in [3.8, 4) is 11.5 Å². The lowest BCUT2D eigenvalue weighted by molar-refractivity contribution is -0.118. The number of piperazine rings is 1. The zero-order valence-corrected chi connectivity index (χ0v) is 19.2. The molecule has 1 heterocycles. The van der Waals surface area contributed by atoms with Gasteiger partial charge in [-0.3, -0.25) is 4.79 Å². The number of sulfonamides is 1. The molecule has 0 aliphatic carbocycles. The van der Waals surface area contributed by atoms with Crippen molar-refractivity contribution in [1.82, 2.24) is 9.21 Å². The number of methoxy groups -OCH3 is 1. The molecule has 0 spiro atoms. The quantitative estimate of drug-likeness (QED) is 0.580. The molecule has 1 amide bonds. The topological polar surface area (TPSA) is 88.2 Å². The van der Waals surface area contributed by atoms with E-state index in [9.17, 15) is 13.2 Å². The Labute approximate surface area is 189 Å². The molecule has 1 N–H and O–H groups in total. The highest BCUT2D eigenvalue weighted by Gasteiger charge is 2.27. The van der Waals surface area contributed by atoms with Crippen molar-refractivity contribution in [2.45, 2.75) is 11.3 Å². The fourth-order valence-electron chi connectivity index (χ4n) is 3.38. The molecule has 172 valence electrons. The molecule has 0 saturated carbocycles. The van der Waals surface area contributed by atoms with Crippen LogP contribution in [0.3, 0.4) is 0 Å². The Bertz CT molecular complexity index is 1060. The summed E-state index contributed by atoms with van der Waals surface area (Å²) in [7, 11) is -0.117. The van der Waals surface area contributed by atoms with Crippen molar-refractivity contribution < 1.29 is 22.7 Å². The van der Waals surface area contributed by atoms with Crippen LogP contribution in [0.4, 0.5) is 5.69 Å². The molecule has 1 aliphatic heterocycles. The number of ether oxygens (including phenoxy) is 2. The number of nitrogens with one attached hydrogen (secondary N) is 1. The normalized spacial score (nSPS) is 15.2. The van der Waals surface area contributed by atoms with E-state index in [0.29, 0.717) is 49.8 Å².